The predicted molar refractivity (Wildman–Crippen MR) is 95.3 cm³/mol. The molecule has 2 aromatic heterocycles. The van der Waals surface area contributed by atoms with Crippen LogP contribution in [0.15, 0.2) is 18.6 Å². The monoisotopic (exact) mass is 342 g/mol. The lowest BCUT2D eigenvalue weighted by Crippen LogP contribution is -2.52. The first-order valence-corrected chi connectivity index (χ1v) is 9.28. The molecule has 134 valence electrons. The van der Waals surface area contributed by atoms with Crippen LogP contribution in [0.1, 0.15) is 49.9 Å². The molecule has 2 unspecified atom stereocenters. The Bertz CT molecular complexity index is 763. The van der Waals surface area contributed by atoms with Crippen molar-refractivity contribution in [1.82, 2.24) is 24.9 Å². The highest BCUT2D eigenvalue weighted by Gasteiger charge is 2.33. The third-order valence-corrected chi connectivity index (χ3v) is 5.41. The van der Waals surface area contributed by atoms with Crippen molar-refractivity contribution in [3.05, 3.63) is 29.8 Å². The molecule has 7 heteroatoms. The van der Waals surface area contributed by atoms with Crippen LogP contribution in [-0.2, 0) is 24.8 Å². The quantitative estimate of drug-likeness (QED) is 0.920. The second-order valence-electron chi connectivity index (χ2n) is 7.03. The van der Waals surface area contributed by atoms with Gasteiger partial charge in [-0.3, -0.25) is 19.5 Å². The molecule has 1 amide bonds. The lowest BCUT2D eigenvalue weighted by Gasteiger charge is -2.35. The zero-order valence-electron chi connectivity index (χ0n) is 15.0. The van der Waals surface area contributed by atoms with Crippen LogP contribution in [0.25, 0.3) is 0 Å². The van der Waals surface area contributed by atoms with Crippen LogP contribution >= 0.6 is 0 Å². The topological polar surface area (TPSA) is 68.0 Å². The van der Waals surface area contributed by atoms with E-state index in [0.29, 0.717) is 0 Å². The molecule has 2 aromatic rings. The Morgan fingerprint density at radius 2 is 2.04 bits per heavy atom. The zero-order chi connectivity index (χ0) is 17.4. The summed E-state index contributed by atoms with van der Waals surface area (Å²) < 4.78 is 3.83. The molecule has 0 radical (unpaired) electrons. The third kappa shape index (κ3) is 2.97. The van der Waals surface area contributed by atoms with Crippen LogP contribution in [0, 0.1) is 0 Å². The molecular formula is C18H26N6O. The maximum Gasteiger partial charge on any atom is 0.244 e. The Kier molecular flexibility index (Phi) is 4.33. The SMILES string of the molecule is CCn1ncc2c1CCCC2NC1CCCN(c2cnn(C)c2)C1=O. The largest absolute Gasteiger partial charge is 0.308 e. The summed E-state index contributed by atoms with van der Waals surface area (Å²) in [7, 11) is 1.88. The number of carbonyl (C=O) groups excluding carboxylic acids is 1. The van der Waals surface area contributed by atoms with E-state index in [2.05, 4.69) is 27.1 Å². The number of nitrogens with zero attached hydrogens (tertiary/aromatic N) is 5. The highest BCUT2D eigenvalue weighted by Crippen LogP contribution is 2.31. The van der Waals surface area contributed by atoms with Crippen molar-refractivity contribution >= 4 is 11.6 Å². The summed E-state index contributed by atoms with van der Waals surface area (Å²) in [5, 5.41) is 12.4. The van der Waals surface area contributed by atoms with Gasteiger partial charge in [-0.2, -0.15) is 10.2 Å². The predicted octanol–water partition coefficient (Wildman–Crippen LogP) is 1.80. The van der Waals surface area contributed by atoms with Crippen LogP contribution in [0.4, 0.5) is 5.69 Å². The van der Waals surface area contributed by atoms with Crippen LogP contribution < -0.4 is 10.2 Å². The molecule has 0 spiro atoms. The Hall–Kier alpha value is -2.15. The number of fused-ring (bicyclic) bond motifs is 1. The van der Waals surface area contributed by atoms with Crippen LogP contribution in [-0.4, -0.2) is 38.1 Å². The number of aryl methyl sites for hydroxylation is 2. The molecule has 0 saturated carbocycles. The van der Waals surface area contributed by atoms with Gasteiger partial charge >= 0.3 is 0 Å². The van der Waals surface area contributed by atoms with Crippen molar-refractivity contribution in [2.24, 2.45) is 7.05 Å². The van der Waals surface area contributed by atoms with Crippen molar-refractivity contribution in [3.8, 4) is 0 Å². The van der Waals surface area contributed by atoms with E-state index in [1.165, 1.54) is 11.3 Å². The molecule has 4 rings (SSSR count). The molecule has 1 N–H and O–H groups in total. The maximum absolute atomic E-state index is 13.0. The number of anilines is 1. The molecule has 3 heterocycles. The Morgan fingerprint density at radius 1 is 1.20 bits per heavy atom. The van der Waals surface area contributed by atoms with E-state index in [4.69, 9.17) is 0 Å². The number of aromatic nitrogens is 4. The number of piperidine rings is 1. The molecule has 0 bridgehead atoms. The van der Waals surface area contributed by atoms with Gasteiger partial charge in [0.15, 0.2) is 0 Å². The highest BCUT2D eigenvalue weighted by molar-refractivity contribution is 5.97. The molecule has 2 atom stereocenters. The fraction of sp³-hybridized carbons (Fsp3) is 0.611. The molecule has 1 aliphatic carbocycles. The average molecular weight is 342 g/mol. The first-order valence-electron chi connectivity index (χ1n) is 9.28. The van der Waals surface area contributed by atoms with Crippen molar-refractivity contribution < 1.29 is 4.79 Å². The molecule has 25 heavy (non-hydrogen) atoms. The van der Waals surface area contributed by atoms with E-state index in [0.717, 1.165) is 50.9 Å². The fourth-order valence-corrected chi connectivity index (χ4v) is 4.14. The summed E-state index contributed by atoms with van der Waals surface area (Å²) in [5.41, 5.74) is 3.50. The van der Waals surface area contributed by atoms with Gasteiger partial charge in [0.05, 0.1) is 24.1 Å². The van der Waals surface area contributed by atoms with Gasteiger partial charge in [0.25, 0.3) is 0 Å². The van der Waals surface area contributed by atoms with Crippen LogP contribution in [0.3, 0.4) is 0 Å². The van der Waals surface area contributed by atoms with E-state index < -0.39 is 0 Å². The summed E-state index contributed by atoms with van der Waals surface area (Å²) in [4.78, 5) is 14.9. The van der Waals surface area contributed by atoms with E-state index in [9.17, 15) is 4.79 Å². The number of carbonyl (C=O) groups is 1. The van der Waals surface area contributed by atoms with Gasteiger partial charge in [-0.1, -0.05) is 0 Å². The summed E-state index contributed by atoms with van der Waals surface area (Å²) in [6.45, 7) is 3.80. The Balaban J connectivity index is 1.51. The lowest BCUT2D eigenvalue weighted by molar-refractivity contribution is -0.122. The van der Waals surface area contributed by atoms with E-state index in [1.54, 1.807) is 10.9 Å². The molecule has 2 aliphatic rings. The Labute approximate surface area is 148 Å². The Morgan fingerprint density at radius 3 is 2.80 bits per heavy atom. The molecule has 1 fully saturated rings. The second kappa shape index (κ2) is 6.63. The summed E-state index contributed by atoms with van der Waals surface area (Å²) in [6.07, 6.45) is 10.9. The maximum atomic E-state index is 13.0. The standard InChI is InChI=1S/C18H26N6O/c1-3-24-17-8-4-6-15(14(17)11-20-24)21-16-7-5-9-23(18(16)25)13-10-19-22(2)12-13/h10-12,15-16,21H,3-9H2,1-2H3. The third-order valence-electron chi connectivity index (χ3n) is 5.41. The summed E-state index contributed by atoms with van der Waals surface area (Å²) >= 11 is 0. The number of rotatable bonds is 4. The van der Waals surface area contributed by atoms with Gasteiger partial charge in [0, 0.05) is 43.6 Å². The molecule has 1 aliphatic heterocycles. The minimum atomic E-state index is -0.130. The van der Waals surface area contributed by atoms with Crippen molar-refractivity contribution in [3.63, 3.8) is 0 Å². The van der Waals surface area contributed by atoms with Gasteiger partial charge < -0.3 is 4.90 Å². The summed E-state index contributed by atoms with van der Waals surface area (Å²) in [5.74, 6) is 0.161. The molecule has 7 nitrogen and oxygen atoms in total. The minimum Gasteiger partial charge on any atom is -0.308 e. The first kappa shape index (κ1) is 16.3. The van der Waals surface area contributed by atoms with Gasteiger partial charge in [-0.25, -0.2) is 0 Å². The first-order chi connectivity index (χ1) is 12.2. The van der Waals surface area contributed by atoms with Gasteiger partial charge in [0.2, 0.25) is 5.91 Å². The highest BCUT2D eigenvalue weighted by atomic mass is 16.2. The molecule has 1 saturated heterocycles. The average Bonchev–Trinajstić information content (AvgIpc) is 3.23. The normalized spacial score (nSPS) is 23.8. The van der Waals surface area contributed by atoms with Crippen molar-refractivity contribution in [2.45, 2.75) is 57.7 Å². The van der Waals surface area contributed by atoms with E-state index >= 15 is 0 Å². The van der Waals surface area contributed by atoms with Gasteiger partial charge in [0.1, 0.15) is 0 Å². The number of nitrogens with one attached hydrogen (secondary N) is 1. The smallest absolute Gasteiger partial charge is 0.244 e. The molecular weight excluding hydrogens is 316 g/mol. The van der Waals surface area contributed by atoms with Crippen LogP contribution in [0.5, 0.6) is 0 Å². The fourth-order valence-electron chi connectivity index (χ4n) is 4.14. The zero-order valence-corrected chi connectivity index (χ0v) is 15.0. The van der Waals surface area contributed by atoms with Crippen LogP contribution in [0.2, 0.25) is 0 Å². The van der Waals surface area contributed by atoms with Crippen molar-refractivity contribution in [2.75, 3.05) is 11.4 Å². The number of hydrogen-bond donors (Lipinski definition) is 1. The van der Waals surface area contributed by atoms with Gasteiger partial charge in [-0.15, -0.1) is 0 Å². The number of hydrogen-bond acceptors (Lipinski definition) is 4. The van der Waals surface area contributed by atoms with Crippen molar-refractivity contribution in [1.29, 1.82) is 0 Å². The second-order valence-corrected chi connectivity index (χ2v) is 7.03. The van der Waals surface area contributed by atoms with Gasteiger partial charge in [-0.05, 0) is 39.0 Å². The number of amides is 1. The minimum absolute atomic E-state index is 0.130. The summed E-state index contributed by atoms with van der Waals surface area (Å²) in [6, 6.07) is 0.0988. The molecule has 0 aromatic carbocycles. The van der Waals surface area contributed by atoms with E-state index in [1.807, 2.05) is 24.3 Å². The van der Waals surface area contributed by atoms with E-state index in [-0.39, 0.29) is 18.0 Å². The lowest BCUT2D eigenvalue weighted by atomic mass is 9.91.